The zero-order chi connectivity index (χ0) is 14.8. The fraction of sp³-hybridized carbons (Fsp3) is 0.0769. The molecule has 0 fully saturated rings. The lowest BCUT2D eigenvalue weighted by Crippen LogP contribution is -2.12. The molecule has 7 heteroatoms. The number of nitrogens with two attached hydrogens (primary N) is 1. The van der Waals surface area contributed by atoms with E-state index < -0.39 is 10.0 Å². The number of hydrogen-bond donors (Lipinski definition) is 2. The largest absolute Gasteiger partial charge is 0.381 e. The molecule has 2 aromatic rings. The van der Waals surface area contributed by atoms with Crippen molar-refractivity contribution in [2.45, 2.75) is 11.4 Å². The van der Waals surface area contributed by atoms with Crippen LogP contribution in [0.15, 0.2) is 51.8 Å². The van der Waals surface area contributed by atoms with Crippen LogP contribution in [0.5, 0.6) is 0 Å². The van der Waals surface area contributed by atoms with E-state index in [9.17, 15) is 8.42 Å². The molecule has 2 rings (SSSR count). The predicted octanol–water partition coefficient (Wildman–Crippen LogP) is 3.36. The molecular weight excluding hydrogens is 364 g/mol. The Morgan fingerprint density at radius 3 is 2.35 bits per heavy atom. The lowest BCUT2D eigenvalue weighted by molar-refractivity contribution is 0.598. The van der Waals surface area contributed by atoms with Crippen LogP contribution in [0.1, 0.15) is 5.56 Å². The van der Waals surface area contributed by atoms with E-state index in [0.717, 1.165) is 15.7 Å². The summed E-state index contributed by atoms with van der Waals surface area (Å²) < 4.78 is 23.1. The van der Waals surface area contributed by atoms with Gasteiger partial charge in [-0.3, -0.25) is 0 Å². The van der Waals surface area contributed by atoms with Crippen molar-refractivity contribution in [3.63, 3.8) is 0 Å². The van der Waals surface area contributed by atoms with E-state index in [1.807, 2.05) is 18.2 Å². The van der Waals surface area contributed by atoms with Gasteiger partial charge in [0.2, 0.25) is 10.0 Å². The Bertz CT molecular complexity index is 718. The van der Waals surface area contributed by atoms with Gasteiger partial charge < -0.3 is 5.32 Å². The van der Waals surface area contributed by atoms with Gasteiger partial charge in [-0.25, -0.2) is 13.6 Å². The molecule has 0 bridgehead atoms. The van der Waals surface area contributed by atoms with Gasteiger partial charge in [-0.1, -0.05) is 17.7 Å². The minimum absolute atomic E-state index is 0.0947. The van der Waals surface area contributed by atoms with Gasteiger partial charge in [-0.15, -0.1) is 0 Å². The zero-order valence-corrected chi connectivity index (χ0v) is 13.5. The van der Waals surface area contributed by atoms with Crippen LogP contribution >= 0.6 is 27.5 Å². The second-order valence-corrected chi connectivity index (χ2v) is 6.99. The van der Waals surface area contributed by atoms with E-state index in [0.29, 0.717) is 11.6 Å². The fourth-order valence-corrected chi connectivity index (χ4v) is 2.68. The molecule has 0 amide bonds. The van der Waals surface area contributed by atoms with Crippen LogP contribution in [0.25, 0.3) is 0 Å². The summed E-state index contributed by atoms with van der Waals surface area (Å²) in [5.41, 5.74) is 1.86. The number of hydrogen-bond acceptors (Lipinski definition) is 3. The van der Waals surface area contributed by atoms with E-state index in [4.69, 9.17) is 16.7 Å². The third kappa shape index (κ3) is 3.96. The monoisotopic (exact) mass is 374 g/mol. The number of nitrogens with one attached hydrogen (secondary N) is 1. The van der Waals surface area contributed by atoms with Crippen LogP contribution < -0.4 is 10.5 Å². The Labute approximate surface area is 131 Å². The summed E-state index contributed by atoms with van der Waals surface area (Å²) in [6.07, 6.45) is 0. The molecule has 0 aliphatic carbocycles. The van der Waals surface area contributed by atoms with Crippen molar-refractivity contribution in [2.24, 2.45) is 5.14 Å². The molecule has 3 N–H and O–H groups in total. The van der Waals surface area contributed by atoms with E-state index in [1.165, 1.54) is 12.1 Å². The average molecular weight is 376 g/mol. The van der Waals surface area contributed by atoms with Gasteiger partial charge in [-0.05, 0) is 57.9 Å². The second-order valence-electron chi connectivity index (χ2n) is 4.17. The summed E-state index contributed by atoms with van der Waals surface area (Å²) in [4.78, 5) is 0.0947. The molecule has 2 aromatic carbocycles. The molecule has 0 aliphatic heterocycles. The maximum absolute atomic E-state index is 11.1. The summed E-state index contributed by atoms with van der Waals surface area (Å²) in [5, 5.41) is 8.88. The third-order valence-corrected chi connectivity index (χ3v) is 4.81. The first-order valence-corrected chi connectivity index (χ1v) is 8.38. The molecule has 0 aliphatic rings. The Hall–Kier alpha value is -1.08. The number of benzene rings is 2. The average Bonchev–Trinajstić information content (AvgIpc) is 2.40. The van der Waals surface area contributed by atoms with Crippen LogP contribution in [-0.2, 0) is 16.6 Å². The summed E-state index contributed by atoms with van der Waals surface area (Å²) in [5.74, 6) is 0. The van der Waals surface area contributed by atoms with Gasteiger partial charge in [0.15, 0.2) is 0 Å². The van der Waals surface area contributed by atoms with Crippen LogP contribution in [0.4, 0.5) is 5.69 Å². The Kier molecular flexibility index (Phi) is 4.70. The van der Waals surface area contributed by atoms with Gasteiger partial charge in [0, 0.05) is 16.7 Å². The molecular formula is C13H12BrClN2O2S. The maximum Gasteiger partial charge on any atom is 0.238 e. The first kappa shape index (κ1) is 15.3. The van der Waals surface area contributed by atoms with Crippen molar-refractivity contribution >= 4 is 43.2 Å². The number of primary sulfonamides is 1. The van der Waals surface area contributed by atoms with Crippen molar-refractivity contribution in [3.05, 3.63) is 57.5 Å². The molecule has 0 heterocycles. The quantitative estimate of drug-likeness (QED) is 0.860. The topological polar surface area (TPSA) is 72.2 Å². The smallest absolute Gasteiger partial charge is 0.238 e. The first-order valence-electron chi connectivity index (χ1n) is 5.67. The normalized spacial score (nSPS) is 11.3. The Morgan fingerprint density at radius 1 is 1.15 bits per heavy atom. The second kappa shape index (κ2) is 6.13. The van der Waals surface area contributed by atoms with Gasteiger partial charge in [0.1, 0.15) is 0 Å². The van der Waals surface area contributed by atoms with Crippen LogP contribution in [0, 0.1) is 0 Å². The minimum atomic E-state index is -3.65. The molecule has 0 unspecified atom stereocenters. The van der Waals surface area contributed by atoms with Gasteiger partial charge in [-0.2, -0.15) is 0 Å². The van der Waals surface area contributed by atoms with Crippen molar-refractivity contribution in [3.8, 4) is 0 Å². The predicted molar refractivity (Wildman–Crippen MR) is 84.3 cm³/mol. The van der Waals surface area contributed by atoms with Crippen molar-refractivity contribution in [1.82, 2.24) is 0 Å². The van der Waals surface area contributed by atoms with E-state index in [2.05, 4.69) is 21.2 Å². The SMILES string of the molecule is NS(=O)(=O)c1ccc(NCc2ccc(Cl)c(Br)c2)cc1. The molecule has 106 valence electrons. The number of rotatable bonds is 4. The van der Waals surface area contributed by atoms with Crippen LogP contribution in [0.2, 0.25) is 5.02 Å². The van der Waals surface area contributed by atoms with E-state index in [-0.39, 0.29) is 4.90 Å². The van der Waals surface area contributed by atoms with Gasteiger partial charge >= 0.3 is 0 Å². The minimum Gasteiger partial charge on any atom is -0.381 e. The molecule has 20 heavy (non-hydrogen) atoms. The van der Waals surface area contributed by atoms with Gasteiger partial charge in [0.05, 0.1) is 9.92 Å². The lowest BCUT2D eigenvalue weighted by Gasteiger charge is -2.08. The summed E-state index contributed by atoms with van der Waals surface area (Å²) in [6, 6.07) is 11.9. The standard InChI is InChI=1S/C13H12BrClN2O2S/c14-12-7-9(1-6-13(12)15)8-17-10-2-4-11(5-3-10)20(16,18)19/h1-7,17H,8H2,(H2,16,18,19). The molecule has 0 saturated heterocycles. The summed E-state index contributed by atoms with van der Waals surface area (Å²) in [7, 11) is -3.65. The first-order chi connectivity index (χ1) is 9.36. The highest BCUT2D eigenvalue weighted by Gasteiger charge is 2.06. The van der Waals surface area contributed by atoms with Crippen molar-refractivity contribution < 1.29 is 8.42 Å². The maximum atomic E-state index is 11.1. The van der Waals surface area contributed by atoms with Crippen LogP contribution in [-0.4, -0.2) is 8.42 Å². The van der Waals surface area contributed by atoms with Gasteiger partial charge in [0.25, 0.3) is 0 Å². The fourth-order valence-electron chi connectivity index (χ4n) is 1.62. The van der Waals surface area contributed by atoms with Crippen molar-refractivity contribution in [2.75, 3.05) is 5.32 Å². The lowest BCUT2D eigenvalue weighted by atomic mass is 10.2. The Balaban J connectivity index is 2.06. The van der Waals surface area contributed by atoms with E-state index >= 15 is 0 Å². The number of halogens is 2. The third-order valence-electron chi connectivity index (χ3n) is 2.66. The highest BCUT2D eigenvalue weighted by molar-refractivity contribution is 9.10. The number of anilines is 1. The molecule has 0 spiro atoms. The summed E-state index contributed by atoms with van der Waals surface area (Å²) in [6.45, 7) is 0.602. The van der Waals surface area contributed by atoms with E-state index in [1.54, 1.807) is 12.1 Å². The number of sulfonamides is 1. The highest BCUT2D eigenvalue weighted by atomic mass is 79.9. The summed E-state index contributed by atoms with van der Waals surface area (Å²) >= 11 is 9.29. The molecule has 0 radical (unpaired) electrons. The zero-order valence-electron chi connectivity index (χ0n) is 10.3. The van der Waals surface area contributed by atoms with Crippen LogP contribution in [0.3, 0.4) is 0 Å². The van der Waals surface area contributed by atoms with Crippen molar-refractivity contribution in [1.29, 1.82) is 0 Å². The molecule has 0 saturated carbocycles. The molecule has 0 atom stereocenters. The Morgan fingerprint density at radius 2 is 1.80 bits per heavy atom. The molecule has 4 nitrogen and oxygen atoms in total. The highest BCUT2D eigenvalue weighted by Crippen LogP contribution is 2.23. The molecule has 0 aromatic heterocycles.